The standard InChI is InChI=1S/C15H16O4/c1-2-11(4-6-15(16)17)9-12-3-5-13-14(10-12)19-8-7-18-13/h3-6,9-10H,2,7-8H2,1H3,(H,16,17)/b6-4+,11-9+. The van der Waals surface area contributed by atoms with Crippen molar-refractivity contribution in [3.05, 3.63) is 41.5 Å². The molecule has 0 radical (unpaired) electrons. The maximum absolute atomic E-state index is 10.5. The van der Waals surface area contributed by atoms with Crippen LogP contribution in [0.3, 0.4) is 0 Å². The number of fused-ring (bicyclic) bond motifs is 1. The van der Waals surface area contributed by atoms with E-state index in [9.17, 15) is 4.79 Å². The number of aliphatic carboxylic acids is 1. The average molecular weight is 260 g/mol. The molecule has 0 saturated heterocycles. The largest absolute Gasteiger partial charge is 0.486 e. The molecule has 100 valence electrons. The molecule has 1 heterocycles. The van der Waals surface area contributed by atoms with E-state index in [0.717, 1.165) is 35.1 Å². The fourth-order valence-corrected chi connectivity index (χ4v) is 1.81. The van der Waals surface area contributed by atoms with Crippen molar-refractivity contribution in [1.29, 1.82) is 0 Å². The van der Waals surface area contributed by atoms with Gasteiger partial charge in [0.2, 0.25) is 0 Å². The number of carbonyl (C=O) groups is 1. The lowest BCUT2D eigenvalue weighted by atomic mass is 10.1. The van der Waals surface area contributed by atoms with E-state index in [1.54, 1.807) is 6.08 Å². The molecule has 1 N–H and O–H groups in total. The molecule has 1 aromatic carbocycles. The number of allylic oxidation sites excluding steroid dienone is 2. The van der Waals surface area contributed by atoms with Gasteiger partial charge in [0.05, 0.1) is 0 Å². The number of hydrogen-bond acceptors (Lipinski definition) is 3. The second kappa shape index (κ2) is 6.09. The number of carboxylic acid groups (broad SMARTS) is 1. The molecule has 1 aromatic rings. The minimum atomic E-state index is -0.943. The van der Waals surface area contributed by atoms with Gasteiger partial charge >= 0.3 is 5.97 Å². The molecular weight excluding hydrogens is 244 g/mol. The van der Waals surface area contributed by atoms with Gasteiger partial charge in [-0.2, -0.15) is 0 Å². The van der Waals surface area contributed by atoms with E-state index >= 15 is 0 Å². The smallest absolute Gasteiger partial charge is 0.328 e. The molecule has 0 fully saturated rings. The molecule has 0 bridgehead atoms. The Balaban J connectivity index is 2.23. The van der Waals surface area contributed by atoms with Crippen molar-refractivity contribution in [1.82, 2.24) is 0 Å². The van der Waals surface area contributed by atoms with Crippen LogP contribution in [-0.2, 0) is 4.79 Å². The van der Waals surface area contributed by atoms with Gasteiger partial charge in [0.1, 0.15) is 13.2 Å². The lowest BCUT2D eigenvalue weighted by Crippen LogP contribution is -2.15. The van der Waals surface area contributed by atoms with Crippen molar-refractivity contribution in [3.63, 3.8) is 0 Å². The summed E-state index contributed by atoms with van der Waals surface area (Å²) in [6, 6.07) is 5.70. The predicted octanol–water partition coefficient (Wildman–Crippen LogP) is 2.89. The molecule has 0 amide bonds. The molecule has 0 aliphatic carbocycles. The molecular formula is C15H16O4. The van der Waals surface area contributed by atoms with Crippen LogP contribution in [0.2, 0.25) is 0 Å². The maximum Gasteiger partial charge on any atom is 0.328 e. The number of rotatable bonds is 4. The van der Waals surface area contributed by atoms with E-state index in [-0.39, 0.29) is 0 Å². The lowest BCUT2D eigenvalue weighted by molar-refractivity contribution is -0.131. The van der Waals surface area contributed by atoms with E-state index in [2.05, 4.69) is 0 Å². The Labute approximate surface area is 112 Å². The normalized spacial score (nSPS) is 14.7. The number of carboxylic acids is 1. The first-order valence-corrected chi connectivity index (χ1v) is 6.20. The van der Waals surface area contributed by atoms with Crippen LogP contribution in [0.4, 0.5) is 0 Å². The average Bonchev–Trinajstić information content (AvgIpc) is 2.43. The van der Waals surface area contributed by atoms with Crippen molar-refractivity contribution >= 4 is 12.0 Å². The molecule has 0 saturated carbocycles. The van der Waals surface area contributed by atoms with Crippen molar-refractivity contribution < 1.29 is 19.4 Å². The van der Waals surface area contributed by atoms with Crippen LogP contribution >= 0.6 is 0 Å². The van der Waals surface area contributed by atoms with Crippen molar-refractivity contribution in [2.75, 3.05) is 13.2 Å². The molecule has 0 aromatic heterocycles. The maximum atomic E-state index is 10.5. The Bertz CT molecular complexity index is 529. The predicted molar refractivity (Wildman–Crippen MR) is 72.5 cm³/mol. The molecule has 0 unspecified atom stereocenters. The zero-order valence-corrected chi connectivity index (χ0v) is 10.8. The van der Waals surface area contributed by atoms with E-state index in [4.69, 9.17) is 14.6 Å². The zero-order valence-electron chi connectivity index (χ0n) is 10.8. The zero-order chi connectivity index (χ0) is 13.7. The summed E-state index contributed by atoms with van der Waals surface area (Å²) in [5.41, 5.74) is 1.91. The highest BCUT2D eigenvalue weighted by molar-refractivity contribution is 5.80. The Morgan fingerprint density at radius 2 is 2.00 bits per heavy atom. The number of benzene rings is 1. The Kier molecular flexibility index (Phi) is 4.23. The van der Waals surface area contributed by atoms with Gasteiger partial charge < -0.3 is 14.6 Å². The molecule has 0 atom stereocenters. The molecule has 1 aliphatic rings. The summed E-state index contributed by atoms with van der Waals surface area (Å²) in [5.74, 6) is 0.543. The van der Waals surface area contributed by atoms with Gasteiger partial charge in [0.15, 0.2) is 11.5 Å². The third-order valence-corrected chi connectivity index (χ3v) is 2.77. The van der Waals surface area contributed by atoms with Gasteiger partial charge in [-0.25, -0.2) is 4.79 Å². The molecule has 4 nitrogen and oxygen atoms in total. The van der Waals surface area contributed by atoms with Crippen LogP contribution in [0.25, 0.3) is 6.08 Å². The van der Waals surface area contributed by atoms with Gasteiger partial charge in [-0.05, 0) is 29.7 Å². The van der Waals surface area contributed by atoms with Crippen molar-refractivity contribution in [3.8, 4) is 11.5 Å². The van der Waals surface area contributed by atoms with Gasteiger partial charge in [-0.1, -0.05) is 25.1 Å². The second-order valence-electron chi connectivity index (χ2n) is 4.15. The van der Waals surface area contributed by atoms with E-state index in [0.29, 0.717) is 13.2 Å². The fraction of sp³-hybridized carbons (Fsp3) is 0.267. The lowest BCUT2D eigenvalue weighted by Gasteiger charge is -2.18. The fourth-order valence-electron chi connectivity index (χ4n) is 1.81. The quantitative estimate of drug-likeness (QED) is 0.668. The summed E-state index contributed by atoms with van der Waals surface area (Å²) in [4.78, 5) is 10.5. The highest BCUT2D eigenvalue weighted by Crippen LogP contribution is 2.31. The summed E-state index contributed by atoms with van der Waals surface area (Å²) in [6.45, 7) is 3.11. The summed E-state index contributed by atoms with van der Waals surface area (Å²) in [5, 5.41) is 8.63. The summed E-state index contributed by atoms with van der Waals surface area (Å²) >= 11 is 0. The van der Waals surface area contributed by atoms with Crippen LogP contribution in [0.15, 0.2) is 35.9 Å². The Morgan fingerprint density at radius 3 is 2.68 bits per heavy atom. The summed E-state index contributed by atoms with van der Waals surface area (Å²) in [6.07, 6.45) is 5.46. The van der Waals surface area contributed by atoms with Crippen LogP contribution in [-0.4, -0.2) is 24.3 Å². The highest BCUT2D eigenvalue weighted by Gasteiger charge is 2.10. The van der Waals surface area contributed by atoms with Crippen molar-refractivity contribution in [2.45, 2.75) is 13.3 Å². The number of hydrogen-bond donors (Lipinski definition) is 1. The molecule has 2 rings (SSSR count). The van der Waals surface area contributed by atoms with Crippen LogP contribution in [0.1, 0.15) is 18.9 Å². The van der Waals surface area contributed by atoms with E-state index < -0.39 is 5.97 Å². The van der Waals surface area contributed by atoms with Crippen molar-refractivity contribution in [2.24, 2.45) is 0 Å². The topological polar surface area (TPSA) is 55.8 Å². The molecule has 1 aliphatic heterocycles. The van der Waals surface area contributed by atoms with Gasteiger partial charge in [-0.15, -0.1) is 0 Å². The monoisotopic (exact) mass is 260 g/mol. The highest BCUT2D eigenvalue weighted by atomic mass is 16.6. The first kappa shape index (κ1) is 13.2. The summed E-state index contributed by atoms with van der Waals surface area (Å²) < 4.78 is 11.0. The van der Waals surface area contributed by atoms with E-state index in [1.807, 2.05) is 31.2 Å². The minimum Gasteiger partial charge on any atom is -0.486 e. The number of ether oxygens (including phenoxy) is 2. The van der Waals surface area contributed by atoms with Gasteiger partial charge in [0.25, 0.3) is 0 Å². The van der Waals surface area contributed by atoms with Gasteiger partial charge in [-0.3, -0.25) is 0 Å². The van der Waals surface area contributed by atoms with Gasteiger partial charge in [0, 0.05) is 6.08 Å². The first-order chi connectivity index (χ1) is 9.19. The van der Waals surface area contributed by atoms with Crippen LogP contribution in [0.5, 0.6) is 11.5 Å². The first-order valence-electron chi connectivity index (χ1n) is 6.20. The second-order valence-corrected chi connectivity index (χ2v) is 4.15. The third-order valence-electron chi connectivity index (χ3n) is 2.77. The minimum absolute atomic E-state index is 0.555. The third kappa shape index (κ3) is 3.61. The summed E-state index contributed by atoms with van der Waals surface area (Å²) in [7, 11) is 0. The van der Waals surface area contributed by atoms with Crippen LogP contribution in [0, 0.1) is 0 Å². The molecule has 4 heteroatoms. The molecule has 19 heavy (non-hydrogen) atoms. The molecule has 0 spiro atoms. The Hall–Kier alpha value is -2.23. The Morgan fingerprint density at radius 1 is 1.26 bits per heavy atom. The van der Waals surface area contributed by atoms with Crippen LogP contribution < -0.4 is 9.47 Å². The van der Waals surface area contributed by atoms with E-state index in [1.165, 1.54) is 0 Å². The SMILES string of the molecule is CCC(/C=C/C(=O)O)=C\c1ccc2c(c1)OCCO2.